The zero-order valence-electron chi connectivity index (χ0n) is 11.6. The summed E-state index contributed by atoms with van der Waals surface area (Å²) < 4.78 is 1.88. The maximum Gasteiger partial charge on any atom is 0.138 e. The van der Waals surface area contributed by atoms with Crippen LogP contribution in [0.25, 0.3) is 0 Å². The third kappa shape index (κ3) is 3.51. The molecular formula is C14H18Cl2N4. The Morgan fingerprint density at radius 2 is 1.85 bits per heavy atom. The van der Waals surface area contributed by atoms with E-state index in [1.54, 1.807) is 6.33 Å². The summed E-state index contributed by atoms with van der Waals surface area (Å²) in [5, 5.41) is 5.51. The number of rotatable bonds is 5. The normalized spacial score (nSPS) is 12.9. The SMILES string of the molecule is CC(C)n1ncnc1CC(N)Cc1c(Cl)cccc1Cl. The Kier molecular flexibility index (Phi) is 5.02. The van der Waals surface area contributed by atoms with Gasteiger partial charge in [-0.25, -0.2) is 9.67 Å². The van der Waals surface area contributed by atoms with Crippen molar-refractivity contribution in [3.8, 4) is 0 Å². The highest BCUT2D eigenvalue weighted by atomic mass is 35.5. The van der Waals surface area contributed by atoms with Crippen LogP contribution in [0.5, 0.6) is 0 Å². The molecule has 0 bridgehead atoms. The number of nitrogens with two attached hydrogens (primary N) is 1. The first-order valence-electron chi connectivity index (χ1n) is 6.56. The first-order valence-corrected chi connectivity index (χ1v) is 7.31. The number of benzene rings is 1. The van der Waals surface area contributed by atoms with E-state index in [1.165, 1.54) is 0 Å². The number of halogens is 2. The van der Waals surface area contributed by atoms with Crippen LogP contribution in [0.4, 0.5) is 0 Å². The molecule has 0 spiro atoms. The number of nitrogens with zero attached hydrogens (tertiary/aromatic N) is 3. The maximum absolute atomic E-state index is 6.21. The third-order valence-electron chi connectivity index (χ3n) is 3.11. The van der Waals surface area contributed by atoms with Crippen LogP contribution in [-0.4, -0.2) is 20.8 Å². The van der Waals surface area contributed by atoms with E-state index in [1.807, 2.05) is 22.9 Å². The van der Waals surface area contributed by atoms with Gasteiger partial charge >= 0.3 is 0 Å². The summed E-state index contributed by atoms with van der Waals surface area (Å²) in [5.74, 6) is 0.885. The lowest BCUT2D eigenvalue weighted by Gasteiger charge is -2.15. The van der Waals surface area contributed by atoms with E-state index in [0.29, 0.717) is 22.9 Å². The molecule has 1 atom stereocenters. The minimum atomic E-state index is -0.103. The Balaban J connectivity index is 2.09. The number of hydrogen-bond acceptors (Lipinski definition) is 3. The zero-order valence-corrected chi connectivity index (χ0v) is 13.1. The van der Waals surface area contributed by atoms with E-state index in [9.17, 15) is 0 Å². The zero-order chi connectivity index (χ0) is 14.7. The van der Waals surface area contributed by atoms with Crippen molar-refractivity contribution in [2.75, 3.05) is 0 Å². The summed E-state index contributed by atoms with van der Waals surface area (Å²) in [6.45, 7) is 4.13. The maximum atomic E-state index is 6.21. The first-order chi connectivity index (χ1) is 9.49. The number of aromatic nitrogens is 3. The minimum absolute atomic E-state index is 0.103. The van der Waals surface area contributed by atoms with E-state index in [0.717, 1.165) is 11.4 Å². The molecule has 108 valence electrons. The van der Waals surface area contributed by atoms with Crippen LogP contribution in [0.3, 0.4) is 0 Å². The second-order valence-electron chi connectivity index (χ2n) is 5.08. The summed E-state index contributed by atoms with van der Waals surface area (Å²) in [4.78, 5) is 4.27. The molecule has 1 heterocycles. The van der Waals surface area contributed by atoms with Crippen LogP contribution in [0, 0.1) is 0 Å². The summed E-state index contributed by atoms with van der Waals surface area (Å²) in [6.07, 6.45) is 2.81. The molecule has 0 saturated heterocycles. The van der Waals surface area contributed by atoms with Gasteiger partial charge in [0.25, 0.3) is 0 Å². The average Bonchev–Trinajstić information content (AvgIpc) is 2.82. The molecule has 1 aromatic carbocycles. The van der Waals surface area contributed by atoms with Crippen molar-refractivity contribution in [3.05, 3.63) is 46.0 Å². The van der Waals surface area contributed by atoms with Crippen molar-refractivity contribution in [1.29, 1.82) is 0 Å². The Bertz CT molecular complexity index is 560. The predicted molar refractivity (Wildman–Crippen MR) is 82.3 cm³/mol. The van der Waals surface area contributed by atoms with E-state index >= 15 is 0 Å². The van der Waals surface area contributed by atoms with Crippen molar-refractivity contribution >= 4 is 23.2 Å². The quantitative estimate of drug-likeness (QED) is 0.921. The monoisotopic (exact) mass is 312 g/mol. The van der Waals surface area contributed by atoms with Gasteiger partial charge in [0, 0.05) is 28.5 Å². The fourth-order valence-corrected chi connectivity index (χ4v) is 2.70. The van der Waals surface area contributed by atoms with Gasteiger partial charge in [-0.05, 0) is 38.0 Å². The Labute approximate surface area is 128 Å². The van der Waals surface area contributed by atoms with Crippen LogP contribution in [-0.2, 0) is 12.8 Å². The summed E-state index contributed by atoms with van der Waals surface area (Å²) in [6, 6.07) is 5.64. The molecule has 0 aliphatic carbocycles. The molecule has 2 aromatic rings. The van der Waals surface area contributed by atoms with Crippen LogP contribution >= 0.6 is 23.2 Å². The number of hydrogen-bond donors (Lipinski definition) is 1. The molecule has 0 saturated carbocycles. The van der Waals surface area contributed by atoms with Gasteiger partial charge in [-0.2, -0.15) is 5.10 Å². The lowest BCUT2D eigenvalue weighted by molar-refractivity contribution is 0.489. The molecule has 20 heavy (non-hydrogen) atoms. The molecule has 1 aromatic heterocycles. The Morgan fingerprint density at radius 3 is 2.45 bits per heavy atom. The lowest BCUT2D eigenvalue weighted by Crippen LogP contribution is -2.28. The Hall–Kier alpha value is -1.10. The summed E-state index contributed by atoms with van der Waals surface area (Å²) in [7, 11) is 0. The molecule has 2 N–H and O–H groups in total. The van der Waals surface area contributed by atoms with Gasteiger partial charge in [0.1, 0.15) is 12.2 Å². The van der Waals surface area contributed by atoms with Gasteiger partial charge in [-0.1, -0.05) is 29.3 Å². The van der Waals surface area contributed by atoms with Crippen LogP contribution in [0.1, 0.15) is 31.3 Å². The highest BCUT2D eigenvalue weighted by molar-refractivity contribution is 6.35. The van der Waals surface area contributed by atoms with Gasteiger partial charge in [-0.15, -0.1) is 0 Å². The topological polar surface area (TPSA) is 56.7 Å². The molecule has 4 nitrogen and oxygen atoms in total. The fraction of sp³-hybridized carbons (Fsp3) is 0.429. The average molecular weight is 313 g/mol. The van der Waals surface area contributed by atoms with Crippen LogP contribution < -0.4 is 5.73 Å². The molecular weight excluding hydrogens is 295 g/mol. The Morgan fingerprint density at radius 1 is 1.20 bits per heavy atom. The fourth-order valence-electron chi connectivity index (χ4n) is 2.15. The molecule has 0 amide bonds. The van der Waals surface area contributed by atoms with Crippen LogP contribution in [0.15, 0.2) is 24.5 Å². The van der Waals surface area contributed by atoms with Gasteiger partial charge in [0.05, 0.1) is 0 Å². The largest absolute Gasteiger partial charge is 0.327 e. The molecule has 1 unspecified atom stereocenters. The molecule has 0 aliphatic heterocycles. The van der Waals surface area contributed by atoms with Gasteiger partial charge in [0.15, 0.2) is 0 Å². The highest BCUT2D eigenvalue weighted by Gasteiger charge is 2.15. The second kappa shape index (κ2) is 6.57. The van der Waals surface area contributed by atoms with Gasteiger partial charge in [-0.3, -0.25) is 0 Å². The van der Waals surface area contributed by atoms with E-state index in [4.69, 9.17) is 28.9 Å². The third-order valence-corrected chi connectivity index (χ3v) is 3.82. The smallest absolute Gasteiger partial charge is 0.138 e. The van der Waals surface area contributed by atoms with Crippen molar-refractivity contribution in [2.24, 2.45) is 5.73 Å². The van der Waals surface area contributed by atoms with E-state index < -0.39 is 0 Å². The molecule has 6 heteroatoms. The standard InChI is InChI=1S/C14H18Cl2N4/c1-9(2)20-14(18-8-19-20)7-10(17)6-11-12(15)4-3-5-13(11)16/h3-5,8-10H,6-7,17H2,1-2H3. The van der Waals surface area contributed by atoms with E-state index in [2.05, 4.69) is 23.9 Å². The van der Waals surface area contributed by atoms with Gasteiger partial charge in [0.2, 0.25) is 0 Å². The predicted octanol–water partition coefficient (Wildman–Crippen LogP) is 3.28. The van der Waals surface area contributed by atoms with Crippen molar-refractivity contribution < 1.29 is 0 Å². The highest BCUT2D eigenvalue weighted by Crippen LogP contribution is 2.25. The van der Waals surface area contributed by atoms with E-state index in [-0.39, 0.29) is 12.1 Å². The van der Waals surface area contributed by atoms with Crippen molar-refractivity contribution in [2.45, 2.75) is 38.8 Å². The lowest BCUT2D eigenvalue weighted by atomic mass is 10.0. The summed E-state index contributed by atoms with van der Waals surface area (Å²) in [5.41, 5.74) is 7.09. The molecule has 0 aliphatic rings. The van der Waals surface area contributed by atoms with Crippen molar-refractivity contribution in [3.63, 3.8) is 0 Å². The van der Waals surface area contributed by atoms with Crippen LogP contribution in [0.2, 0.25) is 10.0 Å². The molecule has 0 fully saturated rings. The summed E-state index contributed by atoms with van der Waals surface area (Å²) >= 11 is 12.3. The second-order valence-corrected chi connectivity index (χ2v) is 5.90. The molecule has 2 rings (SSSR count). The molecule has 0 radical (unpaired) electrons. The first kappa shape index (κ1) is 15.3. The van der Waals surface area contributed by atoms with Gasteiger partial charge < -0.3 is 5.73 Å². The van der Waals surface area contributed by atoms with Crippen molar-refractivity contribution in [1.82, 2.24) is 14.8 Å². The minimum Gasteiger partial charge on any atom is -0.327 e.